The van der Waals surface area contributed by atoms with Crippen molar-refractivity contribution in [2.75, 3.05) is 7.05 Å². The van der Waals surface area contributed by atoms with Crippen molar-refractivity contribution in [1.29, 1.82) is 0 Å². The normalized spacial score (nSPS) is 14.9. The molecule has 2 N–H and O–H groups in total. The third-order valence-electron chi connectivity index (χ3n) is 2.45. The lowest BCUT2D eigenvalue weighted by molar-refractivity contribution is -0.144. The third-order valence-corrected chi connectivity index (χ3v) is 2.45. The minimum absolute atomic E-state index is 0.255. The van der Waals surface area contributed by atoms with E-state index in [0.29, 0.717) is 5.82 Å². The van der Waals surface area contributed by atoms with Gasteiger partial charge in [-0.3, -0.25) is 4.79 Å². The van der Waals surface area contributed by atoms with Crippen molar-refractivity contribution in [2.45, 2.75) is 32.9 Å². The molecule has 6 heteroatoms. The number of rotatable bonds is 4. The molecule has 0 bridgehead atoms. The molecule has 1 unspecified atom stereocenters. The Kier molecular flexibility index (Phi) is 3.09. The first-order chi connectivity index (χ1) is 6.89. The summed E-state index contributed by atoms with van der Waals surface area (Å²) in [5.74, 6) is 0.462. The zero-order valence-corrected chi connectivity index (χ0v) is 9.40. The fourth-order valence-corrected chi connectivity index (χ4v) is 1.26. The first-order valence-electron chi connectivity index (χ1n) is 4.69. The topological polar surface area (TPSA) is 80.0 Å². The standard InChI is InChI=1S/C9H16N4O2/c1-6-11-7(2)13(12-6)5-9(3,10-4)8(14)15/h10H,5H2,1-4H3,(H,14,15). The lowest BCUT2D eigenvalue weighted by Crippen LogP contribution is -2.51. The lowest BCUT2D eigenvalue weighted by atomic mass is 10.0. The molecular formula is C9H16N4O2. The lowest BCUT2D eigenvalue weighted by Gasteiger charge is -2.24. The minimum atomic E-state index is -1.02. The molecule has 0 fully saturated rings. The highest BCUT2D eigenvalue weighted by atomic mass is 16.4. The molecule has 0 aromatic carbocycles. The molecule has 1 aromatic heterocycles. The number of carboxylic acid groups (broad SMARTS) is 1. The third kappa shape index (κ3) is 2.33. The Balaban J connectivity index is 2.93. The molecule has 0 aliphatic carbocycles. The van der Waals surface area contributed by atoms with Crippen LogP contribution in [0, 0.1) is 13.8 Å². The van der Waals surface area contributed by atoms with E-state index in [9.17, 15) is 4.79 Å². The summed E-state index contributed by atoms with van der Waals surface area (Å²) in [6.07, 6.45) is 0. The monoisotopic (exact) mass is 212 g/mol. The Morgan fingerprint density at radius 2 is 2.20 bits per heavy atom. The first-order valence-corrected chi connectivity index (χ1v) is 4.69. The molecule has 0 aliphatic heterocycles. The van der Waals surface area contributed by atoms with Crippen LogP contribution in [0.4, 0.5) is 0 Å². The summed E-state index contributed by atoms with van der Waals surface area (Å²) < 4.78 is 1.60. The Morgan fingerprint density at radius 3 is 2.53 bits per heavy atom. The highest BCUT2D eigenvalue weighted by Gasteiger charge is 2.32. The summed E-state index contributed by atoms with van der Waals surface area (Å²) in [4.78, 5) is 15.2. The fraction of sp³-hybridized carbons (Fsp3) is 0.667. The van der Waals surface area contributed by atoms with Crippen molar-refractivity contribution < 1.29 is 9.90 Å². The summed E-state index contributed by atoms with van der Waals surface area (Å²) >= 11 is 0. The van der Waals surface area contributed by atoms with E-state index in [0.717, 1.165) is 5.82 Å². The molecule has 0 amide bonds. The smallest absolute Gasteiger partial charge is 0.325 e. The van der Waals surface area contributed by atoms with Crippen LogP contribution in [0.15, 0.2) is 0 Å². The minimum Gasteiger partial charge on any atom is -0.480 e. The largest absolute Gasteiger partial charge is 0.480 e. The second kappa shape index (κ2) is 3.98. The molecule has 15 heavy (non-hydrogen) atoms. The van der Waals surface area contributed by atoms with E-state index in [2.05, 4.69) is 15.4 Å². The highest BCUT2D eigenvalue weighted by molar-refractivity contribution is 5.78. The van der Waals surface area contributed by atoms with Crippen molar-refractivity contribution in [3.63, 3.8) is 0 Å². The molecular weight excluding hydrogens is 196 g/mol. The van der Waals surface area contributed by atoms with E-state index in [1.165, 1.54) is 0 Å². The zero-order chi connectivity index (χ0) is 11.6. The van der Waals surface area contributed by atoms with Gasteiger partial charge in [0.25, 0.3) is 0 Å². The maximum atomic E-state index is 11.1. The van der Waals surface area contributed by atoms with Gasteiger partial charge in [-0.15, -0.1) is 0 Å². The van der Waals surface area contributed by atoms with Crippen LogP contribution in [0.2, 0.25) is 0 Å². The predicted molar refractivity (Wildman–Crippen MR) is 54.6 cm³/mol. The van der Waals surface area contributed by atoms with Gasteiger partial charge in [0, 0.05) is 0 Å². The van der Waals surface area contributed by atoms with Crippen molar-refractivity contribution in [2.24, 2.45) is 0 Å². The SMILES string of the molecule is CNC(C)(Cn1nc(C)nc1C)C(=O)O. The number of likely N-dealkylation sites (N-methyl/N-ethyl adjacent to an activating group) is 1. The Bertz CT molecular complexity index is 374. The van der Waals surface area contributed by atoms with Gasteiger partial charge < -0.3 is 10.4 Å². The fourth-order valence-electron chi connectivity index (χ4n) is 1.26. The van der Waals surface area contributed by atoms with Crippen LogP contribution < -0.4 is 5.32 Å². The molecule has 6 nitrogen and oxygen atoms in total. The average Bonchev–Trinajstić information content (AvgIpc) is 2.44. The van der Waals surface area contributed by atoms with Crippen molar-refractivity contribution >= 4 is 5.97 Å². The molecule has 0 saturated heterocycles. The van der Waals surface area contributed by atoms with Crippen LogP contribution in [0.3, 0.4) is 0 Å². The van der Waals surface area contributed by atoms with Crippen LogP contribution >= 0.6 is 0 Å². The predicted octanol–water partition coefficient (Wildman–Crippen LogP) is -0.0424. The van der Waals surface area contributed by atoms with Gasteiger partial charge in [-0.1, -0.05) is 0 Å². The quantitative estimate of drug-likeness (QED) is 0.732. The highest BCUT2D eigenvalue weighted by Crippen LogP contribution is 2.08. The summed E-state index contributed by atoms with van der Waals surface area (Å²) in [6.45, 7) is 5.45. The van der Waals surface area contributed by atoms with Gasteiger partial charge in [0.05, 0.1) is 6.54 Å². The van der Waals surface area contributed by atoms with Crippen molar-refractivity contribution in [1.82, 2.24) is 20.1 Å². The van der Waals surface area contributed by atoms with Gasteiger partial charge in [0.1, 0.15) is 17.2 Å². The maximum Gasteiger partial charge on any atom is 0.325 e. The van der Waals surface area contributed by atoms with Crippen molar-refractivity contribution in [3.05, 3.63) is 11.6 Å². The molecule has 84 valence electrons. The Labute approximate surface area is 88.3 Å². The first kappa shape index (κ1) is 11.6. The number of aliphatic carboxylic acids is 1. The number of aromatic nitrogens is 3. The van der Waals surface area contributed by atoms with Crippen molar-refractivity contribution in [3.8, 4) is 0 Å². The molecule has 1 atom stereocenters. The molecule has 1 aromatic rings. The van der Waals surface area contributed by atoms with Crippen LogP contribution in [-0.2, 0) is 11.3 Å². The molecule has 1 heterocycles. The summed E-state index contributed by atoms with van der Waals surface area (Å²) in [7, 11) is 1.62. The van der Waals surface area contributed by atoms with Crippen LogP contribution in [0.1, 0.15) is 18.6 Å². The second-order valence-corrected chi connectivity index (χ2v) is 3.75. The van der Waals surface area contributed by atoms with Gasteiger partial charge >= 0.3 is 5.97 Å². The number of hydrogen-bond acceptors (Lipinski definition) is 4. The van der Waals surface area contributed by atoms with Crippen LogP contribution in [-0.4, -0.2) is 38.4 Å². The van der Waals surface area contributed by atoms with E-state index < -0.39 is 11.5 Å². The van der Waals surface area contributed by atoms with E-state index in [1.807, 2.05) is 0 Å². The van der Waals surface area contributed by atoms with Gasteiger partial charge in [0.2, 0.25) is 0 Å². The molecule has 0 aliphatic rings. The number of nitrogens with zero attached hydrogens (tertiary/aromatic N) is 3. The molecule has 0 saturated carbocycles. The second-order valence-electron chi connectivity index (χ2n) is 3.75. The average molecular weight is 212 g/mol. The van der Waals surface area contributed by atoms with Gasteiger partial charge in [-0.2, -0.15) is 5.10 Å². The van der Waals surface area contributed by atoms with Crippen LogP contribution in [0.25, 0.3) is 0 Å². The van der Waals surface area contributed by atoms with Gasteiger partial charge in [0.15, 0.2) is 0 Å². The van der Waals surface area contributed by atoms with E-state index in [-0.39, 0.29) is 6.54 Å². The van der Waals surface area contributed by atoms with E-state index in [1.54, 1.807) is 32.5 Å². The molecule has 0 spiro atoms. The number of carbonyl (C=O) groups is 1. The Morgan fingerprint density at radius 1 is 1.60 bits per heavy atom. The number of hydrogen-bond donors (Lipinski definition) is 2. The number of nitrogens with one attached hydrogen (secondary N) is 1. The van der Waals surface area contributed by atoms with E-state index in [4.69, 9.17) is 5.11 Å². The summed E-state index contributed by atoms with van der Waals surface area (Å²) in [5, 5.41) is 16.0. The zero-order valence-electron chi connectivity index (χ0n) is 9.40. The maximum absolute atomic E-state index is 11.1. The number of carboxylic acids is 1. The molecule has 0 radical (unpaired) electrons. The van der Waals surface area contributed by atoms with Crippen LogP contribution in [0.5, 0.6) is 0 Å². The summed E-state index contributed by atoms with van der Waals surface area (Å²) in [5.41, 5.74) is -1.02. The number of aryl methyl sites for hydroxylation is 2. The summed E-state index contributed by atoms with van der Waals surface area (Å²) in [6, 6.07) is 0. The van der Waals surface area contributed by atoms with Gasteiger partial charge in [-0.05, 0) is 27.8 Å². The van der Waals surface area contributed by atoms with Gasteiger partial charge in [-0.25, -0.2) is 9.67 Å². The molecule has 1 rings (SSSR count). The Hall–Kier alpha value is -1.43. The van der Waals surface area contributed by atoms with E-state index >= 15 is 0 Å².